The van der Waals surface area contributed by atoms with Gasteiger partial charge in [-0.1, -0.05) is 65.9 Å². The van der Waals surface area contributed by atoms with E-state index in [1.165, 1.54) is 32.7 Å². The molecule has 1 amide bonds. The SMILES string of the molecule is CC1=NN(c2nc3ccccc3s2)C(=O)[C@H]1Cc1cccc2ccccc12. The Morgan fingerprint density at radius 1 is 1.00 bits per heavy atom. The molecule has 1 aliphatic heterocycles. The van der Waals surface area contributed by atoms with Crippen molar-refractivity contribution in [1.82, 2.24) is 4.98 Å². The molecule has 2 heterocycles. The normalized spacial score (nSPS) is 17.1. The molecule has 0 saturated carbocycles. The van der Waals surface area contributed by atoms with Gasteiger partial charge in [0.05, 0.1) is 16.1 Å². The van der Waals surface area contributed by atoms with Crippen LogP contribution in [0, 0.1) is 5.92 Å². The molecule has 0 bridgehead atoms. The van der Waals surface area contributed by atoms with Crippen LogP contribution < -0.4 is 5.01 Å². The van der Waals surface area contributed by atoms with Crippen molar-refractivity contribution in [3.05, 3.63) is 72.3 Å². The second-order valence-corrected chi connectivity index (χ2v) is 7.76. The van der Waals surface area contributed by atoms with E-state index in [0.29, 0.717) is 11.6 Å². The minimum absolute atomic E-state index is 0.000472. The Hall–Kier alpha value is -3.05. The molecule has 0 N–H and O–H groups in total. The number of fused-ring (bicyclic) bond motifs is 2. The molecule has 4 aromatic rings. The molecule has 5 heteroatoms. The summed E-state index contributed by atoms with van der Waals surface area (Å²) >= 11 is 1.50. The third-order valence-corrected chi connectivity index (χ3v) is 6.05. The zero-order valence-electron chi connectivity index (χ0n) is 14.8. The summed E-state index contributed by atoms with van der Waals surface area (Å²) in [6, 6.07) is 22.4. The van der Waals surface area contributed by atoms with E-state index in [-0.39, 0.29) is 11.8 Å². The van der Waals surface area contributed by atoms with Gasteiger partial charge in [-0.2, -0.15) is 10.1 Å². The van der Waals surface area contributed by atoms with Crippen LogP contribution in [0.3, 0.4) is 0 Å². The third-order valence-electron chi connectivity index (χ3n) is 5.04. The molecule has 27 heavy (non-hydrogen) atoms. The summed E-state index contributed by atoms with van der Waals surface area (Å²) in [6.07, 6.45) is 0.650. The number of para-hydroxylation sites is 1. The van der Waals surface area contributed by atoms with Crippen LogP contribution in [0.4, 0.5) is 5.13 Å². The number of benzene rings is 3. The summed E-state index contributed by atoms with van der Waals surface area (Å²) in [5.74, 6) is -0.248. The van der Waals surface area contributed by atoms with Gasteiger partial charge in [-0.25, -0.2) is 4.98 Å². The van der Waals surface area contributed by atoms with E-state index < -0.39 is 0 Å². The maximum atomic E-state index is 13.1. The van der Waals surface area contributed by atoms with E-state index in [4.69, 9.17) is 0 Å². The van der Waals surface area contributed by atoms with Gasteiger partial charge in [-0.05, 0) is 41.8 Å². The number of hydrazone groups is 1. The lowest BCUT2D eigenvalue weighted by atomic mass is 9.92. The van der Waals surface area contributed by atoms with E-state index in [0.717, 1.165) is 15.9 Å². The molecule has 1 atom stereocenters. The lowest BCUT2D eigenvalue weighted by Gasteiger charge is -2.13. The summed E-state index contributed by atoms with van der Waals surface area (Å²) in [7, 11) is 0. The lowest BCUT2D eigenvalue weighted by Crippen LogP contribution is -2.28. The Labute approximate surface area is 160 Å². The second kappa shape index (κ2) is 6.28. The van der Waals surface area contributed by atoms with E-state index in [1.807, 2.05) is 43.3 Å². The highest BCUT2D eigenvalue weighted by atomic mass is 32.1. The number of thiazole rings is 1. The number of aromatic nitrogens is 1. The Morgan fingerprint density at radius 3 is 2.67 bits per heavy atom. The minimum atomic E-state index is -0.247. The molecular weight excluding hydrogens is 354 g/mol. The standard InChI is InChI=1S/C22H17N3OS/c1-14-18(13-16-9-6-8-15-7-2-3-10-17(15)16)21(26)25(24-14)22-23-19-11-4-5-12-20(19)27-22/h2-12,18H,13H2,1H3/t18-/m0/s1. The van der Waals surface area contributed by atoms with Crippen LogP contribution in [0.1, 0.15) is 12.5 Å². The topological polar surface area (TPSA) is 45.6 Å². The number of anilines is 1. The maximum Gasteiger partial charge on any atom is 0.258 e. The van der Waals surface area contributed by atoms with Crippen LogP contribution >= 0.6 is 11.3 Å². The van der Waals surface area contributed by atoms with Gasteiger partial charge >= 0.3 is 0 Å². The number of amides is 1. The second-order valence-electron chi connectivity index (χ2n) is 6.75. The van der Waals surface area contributed by atoms with Crippen molar-refractivity contribution in [1.29, 1.82) is 0 Å². The molecule has 0 radical (unpaired) electrons. The average Bonchev–Trinajstić information content (AvgIpc) is 3.24. The lowest BCUT2D eigenvalue weighted by molar-refractivity contribution is -0.119. The fourth-order valence-electron chi connectivity index (χ4n) is 3.62. The quantitative estimate of drug-likeness (QED) is 0.507. The molecule has 5 rings (SSSR count). The zero-order valence-corrected chi connectivity index (χ0v) is 15.6. The minimum Gasteiger partial charge on any atom is -0.272 e. The van der Waals surface area contributed by atoms with Gasteiger partial charge in [-0.3, -0.25) is 4.79 Å². The Balaban J connectivity index is 1.48. The van der Waals surface area contributed by atoms with Gasteiger partial charge in [0, 0.05) is 5.71 Å². The zero-order chi connectivity index (χ0) is 18.4. The first-order chi connectivity index (χ1) is 13.2. The van der Waals surface area contributed by atoms with E-state index in [1.54, 1.807) is 0 Å². The largest absolute Gasteiger partial charge is 0.272 e. The Morgan fingerprint density at radius 2 is 1.78 bits per heavy atom. The summed E-state index contributed by atoms with van der Waals surface area (Å²) in [5.41, 5.74) is 2.91. The van der Waals surface area contributed by atoms with Crippen molar-refractivity contribution in [3.63, 3.8) is 0 Å². The summed E-state index contributed by atoms with van der Waals surface area (Å²) in [4.78, 5) is 17.7. The van der Waals surface area contributed by atoms with Gasteiger partial charge in [0.25, 0.3) is 5.91 Å². The van der Waals surface area contributed by atoms with Gasteiger partial charge in [0.1, 0.15) is 0 Å². The van der Waals surface area contributed by atoms with Crippen molar-refractivity contribution in [2.75, 3.05) is 5.01 Å². The molecule has 0 aliphatic carbocycles. The monoisotopic (exact) mass is 371 g/mol. The Bertz CT molecular complexity index is 1170. The predicted molar refractivity (Wildman–Crippen MR) is 111 cm³/mol. The highest BCUT2D eigenvalue weighted by Gasteiger charge is 2.36. The maximum absolute atomic E-state index is 13.1. The first-order valence-corrected chi connectivity index (χ1v) is 9.73. The van der Waals surface area contributed by atoms with Crippen LogP contribution in [0.5, 0.6) is 0 Å². The summed E-state index contributed by atoms with van der Waals surface area (Å²) in [6.45, 7) is 1.93. The highest BCUT2D eigenvalue weighted by molar-refractivity contribution is 7.22. The number of carbonyl (C=O) groups excluding carboxylic acids is 1. The van der Waals surface area contributed by atoms with Crippen LogP contribution in [-0.2, 0) is 11.2 Å². The van der Waals surface area contributed by atoms with E-state index >= 15 is 0 Å². The Kier molecular flexibility index (Phi) is 3.76. The number of rotatable bonds is 3. The molecule has 0 unspecified atom stereocenters. The molecule has 0 saturated heterocycles. The van der Waals surface area contributed by atoms with Gasteiger partial charge < -0.3 is 0 Å². The fourth-order valence-corrected chi connectivity index (χ4v) is 4.54. The number of hydrogen-bond acceptors (Lipinski definition) is 4. The number of hydrogen-bond donors (Lipinski definition) is 0. The summed E-state index contributed by atoms with van der Waals surface area (Å²) < 4.78 is 1.06. The van der Waals surface area contributed by atoms with Crippen molar-refractivity contribution in [2.45, 2.75) is 13.3 Å². The predicted octanol–water partition coefficient (Wildman–Crippen LogP) is 5.03. The third kappa shape index (κ3) is 2.71. The molecule has 132 valence electrons. The van der Waals surface area contributed by atoms with E-state index in [2.05, 4.69) is 40.4 Å². The smallest absolute Gasteiger partial charge is 0.258 e. The average molecular weight is 371 g/mol. The summed E-state index contributed by atoms with van der Waals surface area (Å²) in [5, 5.41) is 9.05. The van der Waals surface area contributed by atoms with Gasteiger partial charge in [-0.15, -0.1) is 0 Å². The van der Waals surface area contributed by atoms with Crippen molar-refractivity contribution < 1.29 is 4.79 Å². The van der Waals surface area contributed by atoms with Crippen molar-refractivity contribution >= 4 is 49.1 Å². The first-order valence-electron chi connectivity index (χ1n) is 8.92. The molecule has 1 aromatic heterocycles. The number of carbonyl (C=O) groups is 1. The molecule has 0 spiro atoms. The first kappa shape index (κ1) is 16.1. The van der Waals surface area contributed by atoms with Crippen LogP contribution in [-0.4, -0.2) is 16.6 Å². The van der Waals surface area contributed by atoms with Gasteiger partial charge in [0.2, 0.25) is 5.13 Å². The van der Waals surface area contributed by atoms with E-state index in [9.17, 15) is 4.79 Å². The van der Waals surface area contributed by atoms with Crippen LogP contribution in [0.2, 0.25) is 0 Å². The van der Waals surface area contributed by atoms with Crippen molar-refractivity contribution in [2.24, 2.45) is 11.0 Å². The van der Waals surface area contributed by atoms with Gasteiger partial charge in [0.15, 0.2) is 0 Å². The molecule has 4 nitrogen and oxygen atoms in total. The number of nitrogens with zero attached hydrogens (tertiary/aromatic N) is 3. The molecule has 1 aliphatic rings. The van der Waals surface area contributed by atoms with Crippen molar-refractivity contribution in [3.8, 4) is 0 Å². The van der Waals surface area contributed by atoms with Crippen LogP contribution in [0.15, 0.2) is 71.8 Å². The molecular formula is C22H17N3OS. The fraction of sp³-hybridized carbons (Fsp3) is 0.136. The highest BCUT2D eigenvalue weighted by Crippen LogP contribution is 2.33. The molecule has 3 aromatic carbocycles. The van der Waals surface area contributed by atoms with Crippen LogP contribution in [0.25, 0.3) is 21.0 Å². The molecule has 0 fully saturated rings.